The van der Waals surface area contributed by atoms with Crippen LogP contribution in [0, 0.1) is 5.92 Å². The van der Waals surface area contributed by atoms with Crippen molar-refractivity contribution in [1.82, 2.24) is 10.2 Å². The van der Waals surface area contributed by atoms with Crippen molar-refractivity contribution in [3.63, 3.8) is 0 Å². The second kappa shape index (κ2) is 5.80. The summed E-state index contributed by atoms with van der Waals surface area (Å²) in [6.45, 7) is 8.41. The van der Waals surface area contributed by atoms with Crippen molar-refractivity contribution in [1.29, 1.82) is 0 Å². The zero-order valence-corrected chi connectivity index (χ0v) is 12.7. The summed E-state index contributed by atoms with van der Waals surface area (Å²) < 4.78 is 5.01. The van der Waals surface area contributed by atoms with Gasteiger partial charge in [-0.25, -0.2) is 0 Å². The van der Waals surface area contributed by atoms with E-state index < -0.39 is 5.54 Å². The summed E-state index contributed by atoms with van der Waals surface area (Å²) in [6, 6.07) is 1.05. The van der Waals surface area contributed by atoms with Crippen molar-refractivity contribution >= 4 is 5.97 Å². The molecule has 1 saturated heterocycles. The molecule has 0 aromatic heterocycles. The highest BCUT2D eigenvalue weighted by Gasteiger charge is 2.42. The number of carbonyl (C=O) groups excluding carboxylic acids is 1. The van der Waals surface area contributed by atoms with Crippen LogP contribution in [0.15, 0.2) is 0 Å². The molecule has 2 aliphatic rings. The van der Waals surface area contributed by atoms with Crippen molar-refractivity contribution in [3.05, 3.63) is 0 Å². The van der Waals surface area contributed by atoms with Gasteiger partial charge in [0.2, 0.25) is 0 Å². The predicted octanol–water partition coefficient (Wildman–Crippen LogP) is 1.79. The zero-order valence-electron chi connectivity index (χ0n) is 12.7. The molecular formula is C15H28N2O2. The van der Waals surface area contributed by atoms with E-state index in [0.29, 0.717) is 12.1 Å². The van der Waals surface area contributed by atoms with Gasteiger partial charge in [-0.15, -0.1) is 0 Å². The first kappa shape index (κ1) is 14.8. The number of carbonyl (C=O) groups is 1. The Morgan fingerprint density at radius 2 is 2.05 bits per heavy atom. The topological polar surface area (TPSA) is 41.6 Å². The SMILES string of the molecule is COC(=O)C(C)(CN1CCC(C)CC1C)NC1CC1. The Morgan fingerprint density at radius 1 is 1.37 bits per heavy atom. The van der Waals surface area contributed by atoms with Gasteiger partial charge in [-0.1, -0.05) is 6.92 Å². The average molecular weight is 268 g/mol. The van der Waals surface area contributed by atoms with Crippen molar-refractivity contribution in [2.24, 2.45) is 5.92 Å². The molecule has 0 amide bonds. The molecule has 2 rings (SSSR count). The second-order valence-corrected chi connectivity index (χ2v) is 6.69. The molecule has 3 atom stereocenters. The van der Waals surface area contributed by atoms with E-state index in [0.717, 1.165) is 19.0 Å². The fraction of sp³-hybridized carbons (Fsp3) is 0.933. The quantitative estimate of drug-likeness (QED) is 0.772. The van der Waals surface area contributed by atoms with E-state index in [9.17, 15) is 4.79 Å². The van der Waals surface area contributed by atoms with Gasteiger partial charge in [0.05, 0.1) is 7.11 Å². The lowest BCUT2D eigenvalue weighted by Crippen LogP contribution is -2.60. The summed E-state index contributed by atoms with van der Waals surface area (Å²) in [6.07, 6.45) is 4.81. The van der Waals surface area contributed by atoms with E-state index in [1.165, 1.54) is 32.8 Å². The standard InChI is InChI=1S/C15H28N2O2/c1-11-7-8-17(12(2)9-11)10-15(3,14(18)19-4)16-13-5-6-13/h11-13,16H,5-10H2,1-4H3. The number of methoxy groups -OCH3 is 1. The summed E-state index contributed by atoms with van der Waals surface area (Å²) in [4.78, 5) is 14.6. The van der Waals surface area contributed by atoms with Crippen LogP contribution < -0.4 is 5.32 Å². The molecule has 1 saturated carbocycles. The molecule has 0 spiro atoms. The van der Waals surface area contributed by atoms with Gasteiger partial charge in [0.15, 0.2) is 0 Å². The molecule has 4 heteroatoms. The third-order valence-electron chi connectivity index (χ3n) is 4.53. The summed E-state index contributed by atoms with van der Waals surface area (Å²) in [5, 5.41) is 3.48. The zero-order chi connectivity index (χ0) is 14.0. The number of likely N-dealkylation sites (tertiary alicyclic amines) is 1. The molecule has 0 bridgehead atoms. The molecule has 110 valence electrons. The van der Waals surface area contributed by atoms with Crippen LogP contribution in [-0.2, 0) is 9.53 Å². The lowest BCUT2D eigenvalue weighted by Gasteiger charge is -2.41. The van der Waals surface area contributed by atoms with Gasteiger partial charge in [-0.3, -0.25) is 15.0 Å². The van der Waals surface area contributed by atoms with Gasteiger partial charge in [-0.05, 0) is 52.0 Å². The minimum Gasteiger partial charge on any atom is -0.468 e. The molecule has 1 heterocycles. The lowest BCUT2D eigenvalue weighted by molar-refractivity contribution is -0.149. The van der Waals surface area contributed by atoms with Crippen molar-refractivity contribution in [3.8, 4) is 0 Å². The van der Waals surface area contributed by atoms with E-state index >= 15 is 0 Å². The molecule has 2 fully saturated rings. The molecule has 0 radical (unpaired) electrons. The van der Waals surface area contributed by atoms with Crippen LogP contribution in [0.1, 0.15) is 46.5 Å². The summed E-state index contributed by atoms with van der Waals surface area (Å²) in [7, 11) is 1.48. The number of esters is 1. The summed E-state index contributed by atoms with van der Waals surface area (Å²) >= 11 is 0. The van der Waals surface area contributed by atoms with E-state index in [-0.39, 0.29) is 5.97 Å². The first-order valence-electron chi connectivity index (χ1n) is 7.55. The summed E-state index contributed by atoms with van der Waals surface area (Å²) in [5.74, 6) is 0.664. The van der Waals surface area contributed by atoms with Crippen LogP contribution in [0.4, 0.5) is 0 Å². The van der Waals surface area contributed by atoms with Gasteiger partial charge in [0, 0.05) is 18.6 Å². The fourth-order valence-electron chi connectivity index (χ4n) is 3.17. The Hall–Kier alpha value is -0.610. The molecule has 19 heavy (non-hydrogen) atoms. The maximum absolute atomic E-state index is 12.1. The largest absolute Gasteiger partial charge is 0.468 e. The van der Waals surface area contributed by atoms with Gasteiger partial charge >= 0.3 is 5.97 Å². The molecule has 1 aliphatic heterocycles. The molecular weight excluding hydrogens is 240 g/mol. The molecule has 4 nitrogen and oxygen atoms in total. The third kappa shape index (κ3) is 3.69. The Morgan fingerprint density at radius 3 is 2.58 bits per heavy atom. The van der Waals surface area contributed by atoms with E-state index in [1.807, 2.05) is 6.92 Å². The first-order chi connectivity index (χ1) is 8.94. The van der Waals surface area contributed by atoms with Crippen molar-refractivity contribution in [2.45, 2.75) is 64.1 Å². The van der Waals surface area contributed by atoms with Crippen LogP contribution in [0.5, 0.6) is 0 Å². The minimum absolute atomic E-state index is 0.134. The number of ether oxygens (including phenoxy) is 1. The Balaban J connectivity index is 2.00. The monoisotopic (exact) mass is 268 g/mol. The van der Waals surface area contributed by atoms with Crippen LogP contribution in [0.3, 0.4) is 0 Å². The normalized spacial score (nSPS) is 31.8. The molecule has 3 unspecified atom stereocenters. The molecule has 1 aliphatic carbocycles. The Labute approximate surface area is 116 Å². The van der Waals surface area contributed by atoms with Gasteiger partial charge in [0.1, 0.15) is 5.54 Å². The number of nitrogens with zero attached hydrogens (tertiary/aromatic N) is 1. The second-order valence-electron chi connectivity index (χ2n) is 6.69. The molecule has 0 aromatic carbocycles. The van der Waals surface area contributed by atoms with Gasteiger partial charge < -0.3 is 4.74 Å². The van der Waals surface area contributed by atoms with Gasteiger partial charge in [-0.2, -0.15) is 0 Å². The predicted molar refractivity (Wildman–Crippen MR) is 76.0 cm³/mol. The Bertz CT molecular complexity index is 330. The summed E-state index contributed by atoms with van der Waals surface area (Å²) in [5.41, 5.74) is -0.565. The molecule has 1 N–H and O–H groups in total. The number of hydrogen-bond acceptors (Lipinski definition) is 4. The Kier molecular flexibility index (Phi) is 4.51. The maximum atomic E-state index is 12.1. The van der Waals surface area contributed by atoms with Crippen LogP contribution in [-0.4, -0.2) is 48.7 Å². The minimum atomic E-state index is -0.565. The lowest BCUT2D eigenvalue weighted by atomic mass is 9.91. The number of piperidine rings is 1. The van der Waals surface area contributed by atoms with E-state index in [2.05, 4.69) is 24.1 Å². The van der Waals surface area contributed by atoms with Crippen molar-refractivity contribution in [2.75, 3.05) is 20.2 Å². The number of rotatable bonds is 5. The van der Waals surface area contributed by atoms with Crippen LogP contribution in [0.25, 0.3) is 0 Å². The smallest absolute Gasteiger partial charge is 0.327 e. The first-order valence-corrected chi connectivity index (χ1v) is 7.55. The maximum Gasteiger partial charge on any atom is 0.327 e. The highest BCUT2D eigenvalue weighted by atomic mass is 16.5. The number of nitrogens with one attached hydrogen (secondary N) is 1. The van der Waals surface area contributed by atoms with Gasteiger partial charge in [0.25, 0.3) is 0 Å². The van der Waals surface area contributed by atoms with E-state index in [1.54, 1.807) is 0 Å². The third-order valence-corrected chi connectivity index (χ3v) is 4.53. The van der Waals surface area contributed by atoms with Crippen molar-refractivity contribution < 1.29 is 9.53 Å². The highest BCUT2D eigenvalue weighted by Crippen LogP contribution is 2.27. The highest BCUT2D eigenvalue weighted by molar-refractivity contribution is 5.80. The fourth-order valence-corrected chi connectivity index (χ4v) is 3.17. The number of hydrogen-bond donors (Lipinski definition) is 1. The average Bonchev–Trinajstić information content (AvgIpc) is 3.15. The van der Waals surface area contributed by atoms with Crippen LogP contribution in [0.2, 0.25) is 0 Å². The van der Waals surface area contributed by atoms with E-state index in [4.69, 9.17) is 4.74 Å². The molecule has 0 aromatic rings. The van der Waals surface area contributed by atoms with Crippen LogP contribution >= 0.6 is 0 Å².